The van der Waals surface area contributed by atoms with Gasteiger partial charge in [-0.2, -0.15) is 11.8 Å². The molecule has 0 aliphatic carbocycles. The van der Waals surface area contributed by atoms with E-state index in [0.717, 1.165) is 6.54 Å². The van der Waals surface area contributed by atoms with Crippen LogP contribution in [-0.2, 0) is 0 Å². The topological polar surface area (TPSA) is 15.3 Å². The van der Waals surface area contributed by atoms with Gasteiger partial charge in [0.15, 0.2) is 0 Å². The Morgan fingerprint density at radius 3 is 2.78 bits per heavy atom. The fraction of sp³-hybridized carbons (Fsp3) is 0.600. The molecule has 1 aromatic carbocycles. The molecule has 0 amide bonds. The number of benzene rings is 1. The minimum atomic E-state index is 1.08. The van der Waals surface area contributed by atoms with Crippen molar-refractivity contribution in [3.8, 4) is 0 Å². The van der Waals surface area contributed by atoms with Gasteiger partial charge in [-0.1, -0.05) is 19.1 Å². The van der Waals surface area contributed by atoms with E-state index in [1.54, 1.807) is 0 Å². The normalized spacial score (nSPS) is 15.1. The van der Waals surface area contributed by atoms with Gasteiger partial charge >= 0.3 is 0 Å². The Kier molecular flexibility index (Phi) is 5.72. The van der Waals surface area contributed by atoms with E-state index >= 15 is 0 Å². The van der Waals surface area contributed by atoms with E-state index in [2.05, 4.69) is 41.4 Å². The monoisotopic (exact) mass is 264 g/mol. The van der Waals surface area contributed by atoms with Gasteiger partial charge in [0.05, 0.1) is 11.4 Å². The molecule has 1 N–H and O–H groups in total. The molecule has 0 saturated carbocycles. The van der Waals surface area contributed by atoms with E-state index in [9.17, 15) is 0 Å². The van der Waals surface area contributed by atoms with Gasteiger partial charge in [-0.15, -0.1) is 0 Å². The molecule has 3 heteroatoms. The molecule has 1 aliphatic heterocycles. The second-order valence-electron chi connectivity index (χ2n) is 4.69. The van der Waals surface area contributed by atoms with E-state index in [1.807, 2.05) is 11.8 Å². The lowest BCUT2D eigenvalue weighted by Crippen LogP contribution is -2.19. The van der Waals surface area contributed by atoms with Crippen molar-refractivity contribution in [3.63, 3.8) is 0 Å². The van der Waals surface area contributed by atoms with Crippen LogP contribution in [0.2, 0.25) is 0 Å². The molecule has 2 rings (SSSR count). The first-order chi connectivity index (χ1) is 8.92. The highest BCUT2D eigenvalue weighted by molar-refractivity contribution is 7.99. The second-order valence-corrected chi connectivity index (χ2v) is 6.08. The number of nitrogens with one attached hydrogen (secondary N) is 1. The third-order valence-corrected chi connectivity index (χ3v) is 4.32. The van der Waals surface area contributed by atoms with Crippen LogP contribution in [-0.4, -0.2) is 31.1 Å². The summed E-state index contributed by atoms with van der Waals surface area (Å²) >= 11 is 2.02. The predicted molar refractivity (Wildman–Crippen MR) is 84.0 cm³/mol. The molecule has 100 valence electrons. The average Bonchev–Trinajstić information content (AvgIpc) is 2.93. The lowest BCUT2D eigenvalue weighted by molar-refractivity contribution is 0.949. The van der Waals surface area contributed by atoms with Crippen molar-refractivity contribution in [2.45, 2.75) is 26.2 Å². The SMILES string of the molecule is CCSCCCNc1ccccc1N1CCCC1. The highest BCUT2D eigenvalue weighted by Crippen LogP contribution is 2.28. The Bertz CT molecular complexity index is 348. The van der Waals surface area contributed by atoms with Crippen LogP contribution >= 0.6 is 11.8 Å². The Hall–Kier alpha value is -0.830. The molecule has 0 radical (unpaired) electrons. The van der Waals surface area contributed by atoms with Crippen molar-refractivity contribution in [1.82, 2.24) is 0 Å². The molecule has 2 nitrogen and oxygen atoms in total. The fourth-order valence-electron chi connectivity index (χ4n) is 2.40. The van der Waals surface area contributed by atoms with E-state index in [1.165, 1.54) is 55.2 Å². The number of anilines is 2. The highest BCUT2D eigenvalue weighted by Gasteiger charge is 2.14. The highest BCUT2D eigenvalue weighted by atomic mass is 32.2. The van der Waals surface area contributed by atoms with Crippen molar-refractivity contribution in [2.75, 3.05) is 41.4 Å². The van der Waals surface area contributed by atoms with E-state index in [4.69, 9.17) is 0 Å². The van der Waals surface area contributed by atoms with Gasteiger partial charge in [-0.05, 0) is 42.9 Å². The van der Waals surface area contributed by atoms with E-state index < -0.39 is 0 Å². The Morgan fingerprint density at radius 2 is 2.00 bits per heavy atom. The average molecular weight is 264 g/mol. The molecule has 1 aromatic rings. The molecule has 0 bridgehead atoms. The first kappa shape index (κ1) is 13.6. The summed E-state index contributed by atoms with van der Waals surface area (Å²) < 4.78 is 0. The molecule has 1 fully saturated rings. The second kappa shape index (κ2) is 7.57. The van der Waals surface area contributed by atoms with Gasteiger partial charge in [-0.25, -0.2) is 0 Å². The van der Waals surface area contributed by atoms with Gasteiger partial charge in [0.25, 0.3) is 0 Å². The maximum absolute atomic E-state index is 3.59. The standard InChI is InChI=1S/C15H24N2S/c1-2-18-13-7-10-16-14-8-3-4-9-15(14)17-11-5-6-12-17/h3-4,8-9,16H,2,5-7,10-13H2,1H3. The molecule has 1 heterocycles. The molecular weight excluding hydrogens is 240 g/mol. The van der Waals surface area contributed by atoms with Crippen LogP contribution in [0.25, 0.3) is 0 Å². The maximum atomic E-state index is 3.59. The molecule has 0 spiro atoms. The van der Waals surface area contributed by atoms with Crippen molar-refractivity contribution in [1.29, 1.82) is 0 Å². The maximum Gasteiger partial charge on any atom is 0.0602 e. The zero-order chi connectivity index (χ0) is 12.6. The predicted octanol–water partition coefficient (Wildman–Crippen LogP) is 3.84. The zero-order valence-electron chi connectivity index (χ0n) is 11.3. The molecule has 1 aliphatic rings. The summed E-state index contributed by atoms with van der Waals surface area (Å²) in [5.41, 5.74) is 2.69. The molecule has 18 heavy (non-hydrogen) atoms. The number of nitrogens with zero attached hydrogens (tertiary/aromatic N) is 1. The fourth-order valence-corrected chi connectivity index (χ4v) is 3.04. The summed E-state index contributed by atoms with van der Waals surface area (Å²) in [5, 5.41) is 3.59. The minimum absolute atomic E-state index is 1.08. The van der Waals surface area contributed by atoms with Crippen LogP contribution in [0.15, 0.2) is 24.3 Å². The summed E-state index contributed by atoms with van der Waals surface area (Å²) in [4.78, 5) is 2.50. The van der Waals surface area contributed by atoms with Gasteiger partial charge in [0, 0.05) is 19.6 Å². The molecular formula is C15H24N2S. The third-order valence-electron chi connectivity index (χ3n) is 3.34. The Morgan fingerprint density at radius 1 is 1.22 bits per heavy atom. The van der Waals surface area contributed by atoms with Crippen molar-refractivity contribution in [2.24, 2.45) is 0 Å². The largest absolute Gasteiger partial charge is 0.383 e. The first-order valence-electron chi connectivity index (χ1n) is 7.07. The Labute approximate surface area is 115 Å². The summed E-state index contributed by atoms with van der Waals surface area (Å²) in [7, 11) is 0. The Balaban J connectivity index is 1.86. The number of rotatable bonds is 7. The van der Waals surface area contributed by atoms with Crippen LogP contribution in [0, 0.1) is 0 Å². The van der Waals surface area contributed by atoms with Crippen molar-refractivity contribution < 1.29 is 0 Å². The minimum Gasteiger partial charge on any atom is -0.383 e. The van der Waals surface area contributed by atoms with Crippen LogP contribution in [0.1, 0.15) is 26.2 Å². The van der Waals surface area contributed by atoms with Crippen LogP contribution in [0.3, 0.4) is 0 Å². The summed E-state index contributed by atoms with van der Waals surface area (Å²) in [6, 6.07) is 8.73. The number of hydrogen-bond donors (Lipinski definition) is 1. The first-order valence-corrected chi connectivity index (χ1v) is 8.23. The summed E-state index contributed by atoms with van der Waals surface area (Å²) in [6.07, 6.45) is 3.91. The van der Waals surface area contributed by atoms with Crippen molar-refractivity contribution >= 4 is 23.1 Å². The molecule has 1 saturated heterocycles. The molecule has 0 unspecified atom stereocenters. The van der Waals surface area contributed by atoms with E-state index in [-0.39, 0.29) is 0 Å². The lowest BCUT2D eigenvalue weighted by atomic mass is 10.2. The third kappa shape index (κ3) is 3.84. The zero-order valence-corrected chi connectivity index (χ0v) is 12.1. The van der Waals surface area contributed by atoms with Gasteiger partial charge < -0.3 is 10.2 Å². The summed E-state index contributed by atoms with van der Waals surface area (Å²) in [5.74, 6) is 2.49. The molecule has 0 atom stereocenters. The van der Waals surface area contributed by atoms with Gasteiger partial charge in [0.2, 0.25) is 0 Å². The number of hydrogen-bond acceptors (Lipinski definition) is 3. The van der Waals surface area contributed by atoms with Crippen LogP contribution in [0.4, 0.5) is 11.4 Å². The molecule has 0 aromatic heterocycles. The quantitative estimate of drug-likeness (QED) is 0.753. The van der Waals surface area contributed by atoms with Gasteiger partial charge in [0.1, 0.15) is 0 Å². The van der Waals surface area contributed by atoms with Crippen LogP contribution in [0.5, 0.6) is 0 Å². The lowest BCUT2D eigenvalue weighted by Gasteiger charge is -2.21. The number of para-hydroxylation sites is 2. The van der Waals surface area contributed by atoms with Crippen molar-refractivity contribution in [3.05, 3.63) is 24.3 Å². The van der Waals surface area contributed by atoms with Gasteiger partial charge in [-0.3, -0.25) is 0 Å². The summed E-state index contributed by atoms with van der Waals surface area (Å²) in [6.45, 7) is 5.73. The smallest absolute Gasteiger partial charge is 0.0602 e. The van der Waals surface area contributed by atoms with Crippen LogP contribution < -0.4 is 10.2 Å². The number of thioether (sulfide) groups is 1. The van der Waals surface area contributed by atoms with E-state index in [0.29, 0.717) is 0 Å².